The van der Waals surface area contributed by atoms with E-state index in [0.717, 1.165) is 95.4 Å². The number of carbonyl (C=O) groups excluding carboxylic acids is 8. The molecular formula is C36H58N8Ni2O14S6+2. The van der Waals surface area contributed by atoms with Gasteiger partial charge in [-0.25, -0.2) is 0 Å². The Balaban J connectivity index is -0.000000116. The van der Waals surface area contributed by atoms with Gasteiger partial charge in [0.1, 0.15) is 0 Å². The molecule has 66 heavy (non-hydrogen) atoms. The van der Waals surface area contributed by atoms with Gasteiger partial charge in [-0.05, 0) is 27.7 Å². The van der Waals surface area contributed by atoms with Crippen LogP contribution in [0.4, 0.5) is 0 Å². The minimum Gasteiger partial charge on any atom is -0.875 e. The summed E-state index contributed by atoms with van der Waals surface area (Å²) in [7, 11) is 13.5. The third-order valence-corrected chi connectivity index (χ3v) is 12.1. The van der Waals surface area contributed by atoms with Crippen molar-refractivity contribution in [2.75, 3.05) is 56.4 Å². The first kappa shape index (κ1) is 79.3. The fraction of sp³-hybridized carbons (Fsp3) is 0.444. The number of thioether (sulfide) groups is 4. The van der Waals surface area contributed by atoms with Gasteiger partial charge in [0.2, 0.25) is 25.6 Å². The van der Waals surface area contributed by atoms with E-state index in [4.69, 9.17) is 0 Å². The molecule has 0 spiro atoms. The number of nitrogens with zero attached hydrogens (tertiary/aromatic N) is 8. The molecule has 2 aromatic rings. The number of allylic oxidation sites excluding steroid dienone is 8. The fourth-order valence-corrected chi connectivity index (χ4v) is 8.21. The monoisotopic (exact) mass is 1130 g/mol. The van der Waals surface area contributed by atoms with Crippen molar-refractivity contribution >= 4 is 118 Å². The molecular weight excluding hydrogens is 1080 g/mol. The molecule has 30 heteroatoms. The quantitative estimate of drug-likeness (QED) is 0.0493. The number of amides is 4. The van der Waals surface area contributed by atoms with E-state index in [9.17, 15) is 58.8 Å². The van der Waals surface area contributed by atoms with Gasteiger partial charge in [0.05, 0.1) is 0 Å². The number of aromatic nitrogens is 4. The Morgan fingerprint density at radius 2 is 0.515 bits per heavy atom. The van der Waals surface area contributed by atoms with E-state index in [1.807, 2.05) is 0 Å². The molecule has 6 N–H and O–H groups in total. The van der Waals surface area contributed by atoms with Gasteiger partial charge in [-0.15, -0.1) is 43.4 Å². The Hall–Kier alpha value is -3.85. The van der Waals surface area contributed by atoms with Crippen LogP contribution in [0.25, 0.3) is 0 Å². The fourth-order valence-electron chi connectivity index (χ4n) is 2.48. The molecule has 380 valence electrons. The maximum absolute atomic E-state index is 11.3. The van der Waals surface area contributed by atoms with Crippen molar-refractivity contribution in [2.45, 2.75) is 72.7 Å². The normalized spacial score (nSPS) is 10.7. The maximum Gasteiger partial charge on any atom is 2.00 e. The van der Waals surface area contributed by atoms with Crippen molar-refractivity contribution in [1.82, 2.24) is 40.0 Å². The number of Topliss-reactive ketones (excluding diaryl/α,β-unsaturated/α-hetero) is 4. The summed E-state index contributed by atoms with van der Waals surface area (Å²) in [4.78, 5) is 89.1. The molecule has 0 radical (unpaired) electrons. The maximum atomic E-state index is 11.3. The van der Waals surface area contributed by atoms with E-state index in [1.54, 1.807) is 56.4 Å². The zero-order valence-electron chi connectivity index (χ0n) is 39.0. The Kier molecular flexibility index (Phi) is 54.0. The average Bonchev–Trinajstić information content (AvgIpc) is 3.83. The summed E-state index contributed by atoms with van der Waals surface area (Å²) in [5.41, 5.74) is 0. The van der Waals surface area contributed by atoms with Crippen LogP contribution in [0.1, 0.15) is 55.4 Å². The SMILES string of the molecule is CC(=O)/C(Sc1nnc(S/C(C(C)=O)=C(\C)[O-])s1)=C(/C)[O-].CC(=O)/C(Sc1nnc(S/C(C(C)=O)=C(\C)[O-])s1)=C(/C)[O-].CN(C)C=O.CN(C)C=O.CN(C)C=O.CN(C)C=O.[Ni+2].[Ni+2].[OH3+].[OH3+]. The van der Waals surface area contributed by atoms with E-state index in [2.05, 4.69) is 20.4 Å². The molecule has 0 saturated heterocycles. The average molecular weight is 1140 g/mol. The van der Waals surface area contributed by atoms with Crippen LogP contribution in [0.3, 0.4) is 0 Å². The Bertz CT molecular complexity index is 1640. The molecule has 0 atom stereocenters. The van der Waals surface area contributed by atoms with Crippen LogP contribution in [0.2, 0.25) is 0 Å². The summed E-state index contributed by atoms with van der Waals surface area (Å²) in [6.07, 6.45) is 3.00. The van der Waals surface area contributed by atoms with Crippen LogP contribution in [-0.2, 0) is 82.3 Å². The van der Waals surface area contributed by atoms with Crippen molar-refractivity contribution in [3.8, 4) is 0 Å². The first-order valence-electron chi connectivity index (χ1n) is 16.9. The minimum absolute atomic E-state index is 0. The minimum atomic E-state index is -0.336. The molecule has 22 nitrogen and oxygen atoms in total. The van der Waals surface area contributed by atoms with E-state index >= 15 is 0 Å². The zero-order valence-corrected chi connectivity index (χ0v) is 45.9. The predicted molar refractivity (Wildman–Crippen MR) is 246 cm³/mol. The zero-order chi connectivity index (χ0) is 49.4. The van der Waals surface area contributed by atoms with Gasteiger partial charge >= 0.3 is 33.0 Å². The van der Waals surface area contributed by atoms with Gasteiger partial charge in [-0.2, -0.15) is 0 Å². The molecule has 0 aliphatic heterocycles. The van der Waals surface area contributed by atoms with Crippen LogP contribution < -0.4 is 20.4 Å². The van der Waals surface area contributed by atoms with Crippen molar-refractivity contribution in [3.05, 3.63) is 42.7 Å². The third-order valence-electron chi connectivity index (χ3n) is 4.93. The van der Waals surface area contributed by atoms with E-state index in [0.29, 0.717) is 17.4 Å². The van der Waals surface area contributed by atoms with Crippen molar-refractivity contribution in [1.29, 1.82) is 0 Å². The van der Waals surface area contributed by atoms with E-state index in [-0.39, 0.29) is 110 Å². The summed E-state index contributed by atoms with van der Waals surface area (Å²) >= 11 is 5.98. The van der Waals surface area contributed by atoms with E-state index in [1.165, 1.54) is 75.0 Å². The predicted octanol–water partition coefficient (Wildman–Crippen LogP) is -0.863. The Morgan fingerprint density at radius 1 is 0.394 bits per heavy atom. The summed E-state index contributed by atoms with van der Waals surface area (Å²) < 4.78 is 1.63. The Labute approximate surface area is 430 Å². The van der Waals surface area contributed by atoms with Gasteiger partial charge in [0.25, 0.3) is 0 Å². The Morgan fingerprint density at radius 3 is 0.591 bits per heavy atom. The number of ketones is 4. The van der Waals surface area contributed by atoms with Gasteiger partial charge < -0.3 is 51.0 Å². The molecule has 4 amide bonds. The number of hydrogen-bond donors (Lipinski definition) is 0. The summed E-state index contributed by atoms with van der Waals surface area (Å²) in [6.45, 7) is 10.4. The van der Waals surface area contributed by atoms with Gasteiger partial charge in [-0.1, -0.05) is 97.4 Å². The van der Waals surface area contributed by atoms with Gasteiger partial charge in [0, 0.05) is 76.0 Å². The van der Waals surface area contributed by atoms with Crippen molar-refractivity contribution < 1.29 is 103 Å². The molecule has 2 heterocycles. The van der Waals surface area contributed by atoms with Crippen molar-refractivity contribution in [2.24, 2.45) is 0 Å². The third kappa shape index (κ3) is 42.8. The molecule has 0 unspecified atom stereocenters. The first-order chi connectivity index (χ1) is 28.5. The van der Waals surface area contributed by atoms with Crippen LogP contribution in [0.15, 0.2) is 60.0 Å². The summed E-state index contributed by atoms with van der Waals surface area (Å²) in [5.74, 6) is -2.69. The molecule has 0 aromatic carbocycles. The molecule has 2 rings (SSSR count). The molecule has 0 aliphatic carbocycles. The summed E-state index contributed by atoms with van der Waals surface area (Å²) in [5, 5.41) is 60.7. The van der Waals surface area contributed by atoms with Crippen LogP contribution in [0, 0.1) is 0 Å². The molecule has 2 aromatic heterocycles. The first-order valence-corrected chi connectivity index (χ1v) is 21.8. The van der Waals surface area contributed by atoms with Crippen LogP contribution >= 0.6 is 69.7 Å². The second-order valence-electron chi connectivity index (χ2n) is 12.1. The summed E-state index contributed by atoms with van der Waals surface area (Å²) in [6, 6.07) is 0. The standard InChI is InChI=1S/2C12H14N2O4S3.4C3H7NO.2Ni.2H2O/c2*1-5(15)9(6(2)16)19-11-13-14-12(21-11)20-10(7(3)17)8(4)18;4*1-4(2)3-5;;;;/h2*15,17H,1-4H3;4*3H,1-2H3;;;2*1H2/q;;;;;;2*+2;;/p-2/b2*9-5+,10-7+;;;;;;;;. The molecule has 0 bridgehead atoms. The number of hydrogen-bond acceptors (Lipinski definition) is 22. The topological polar surface area (TPSA) is 359 Å². The second kappa shape index (κ2) is 45.0. The van der Waals surface area contributed by atoms with Crippen LogP contribution in [0.5, 0.6) is 0 Å². The molecule has 0 fully saturated rings. The van der Waals surface area contributed by atoms with Crippen LogP contribution in [-0.4, -0.2) is 145 Å². The second-order valence-corrected chi connectivity index (χ2v) is 19.1. The van der Waals surface area contributed by atoms with E-state index < -0.39 is 0 Å². The molecule has 0 aliphatic rings. The number of carbonyl (C=O) groups is 8. The van der Waals surface area contributed by atoms with Gasteiger partial charge in [0.15, 0.2) is 40.5 Å². The van der Waals surface area contributed by atoms with Crippen molar-refractivity contribution in [3.63, 3.8) is 0 Å². The largest absolute Gasteiger partial charge is 2.00 e. The number of rotatable bonds is 16. The molecule has 0 saturated carbocycles. The van der Waals surface area contributed by atoms with Gasteiger partial charge in [-0.3, -0.25) is 38.4 Å². The smallest absolute Gasteiger partial charge is 0.875 e.